The van der Waals surface area contributed by atoms with Crippen LogP contribution in [0, 0.1) is 0 Å². The Morgan fingerprint density at radius 1 is 1.38 bits per heavy atom. The summed E-state index contributed by atoms with van der Waals surface area (Å²) in [6, 6.07) is 5.62. The van der Waals surface area contributed by atoms with Gasteiger partial charge in [-0.05, 0) is 6.07 Å². The van der Waals surface area contributed by atoms with E-state index in [1.807, 2.05) is 0 Å². The van der Waals surface area contributed by atoms with Crippen molar-refractivity contribution in [1.29, 1.82) is 0 Å². The van der Waals surface area contributed by atoms with Crippen LogP contribution in [0.5, 0.6) is 5.75 Å². The van der Waals surface area contributed by atoms with Gasteiger partial charge in [0.05, 0.1) is 7.11 Å². The standard InChI is InChI=1S/C13H13N3O4S/c1-20-9-5-3-2-4-8(9)10(15-13(18)19)11(17)16-12-14-6-7-21-12/h2-7,10,15H,1H3,(H,18,19)(H,14,16,17). The Hall–Kier alpha value is -2.61. The predicted octanol–water partition coefficient (Wildman–Crippen LogP) is 2.10. The molecule has 1 aromatic carbocycles. The van der Waals surface area contributed by atoms with Gasteiger partial charge in [-0.1, -0.05) is 18.2 Å². The first-order valence-electron chi connectivity index (χ1n) is 5.94. The molecular weight excluding hydrogens is 294 g/mol. The van der Waals surface area contributed by atoms with E-state index in [9.17, 15) is 9.59 Å². The number of nitrogens with one attached hydrogen (secondary N) is 2. The van der Waals surface area contributed by atoms with Crippen LogP contribution in [0.2, 0.25) is 0 Å². The highest BCUT2D eigenvalue weighted by Crippen LogP contribution is 2.26. The smallest absolute Gasteiger partial charge is 0.405 e. The zero-order chi connectivity index (χ0) is 15.2. The van der Waals surface area contributed by atoms with E-state index < -0.39 is 18.0 Å². The maximum absolute atomic E-state index is 12.3. The monoisotopic (exact) mass is 307 g/mol. The molecule has 0 spiro atoms. The molecule has 0 aliphatic rings. The summed E-state index contributed by atoms with van der Waals surface area (Å²) in [7, 11) is 1.45. The van der Waals surface area contributed by atoms with Gasteiger partial charge in [-0.2, -0.15) is 0 Å². The summed E-state index contributed by atoms with van der Waals surface area (Å²) in [6.45, 7) is 0. The minimum absolute atomic E-state index is 0.395. The molecule has 3 N–H and O–H groups in total. The highest BCUT2D eigenvalue weighted by atomic mass is 32.1. The fourth-order valence-corrected chi connectivity index (χ4v) is 2.31. The first kappa shape index (κ1) is 14.8. The average molecular weight is 307 g/mol. The van der Waals surface area contributed by atoms with Crippen LogP contribution >= 0.6 is 11.3 Å². The minimum Gasteiger partial charge on any atom is -0.496 e. The first-order valence-corrected chi connectivity index (χ1v) is 6.82. The number of rotatable bonds is 5. The van der Waals surface area contributed by atoms with Crippen molar-refractivity contribution in [1.82, 2.24) is 10.3 Å². The molecule has 0 aliphatic heterocycles. The van der Waals surface area contributed by atoms with Gasteiger partial charge < -0.3 is 15.2 Å². The van der Waals surface area contributed by atoms with Gasteiger partial charge in [0.25, 0.3) is 5.91 Å². The van der Waals surface area contributed by atoms with Crippen LogP contribution in [0.1, 0.15) is 11.6 Å². The van der Waals surface area contributed by atoms with Crippen molar-refractivity contribution in [3.8, 4) is 5.75 Å². The van der Waals surface area contributed by atoms with Gasteiger partial charge in [-0.15, -0.1) is 11.3 Å². The molecule has 0 saturated heterocycles. The molecule has 0 fully saturated rings. The molecule has 2 rings (SSSR count). The number of para-hydroxylation sites is 1. The predicted molar refractivity (Wildman–Crippen MR) is 77.6 cm³/mol. The molecule has 1 heterocycles. The number of aromatic nitrogens is 1. The van der Waals surface area contributed by atoms with Crippen LogP contribution in [0.15, 0.2) is 35.8 Å². The number of carboxylic acid groups (broad SMARTS) is 1. The summed E-state index contributed by atoms with van der Waals surface area (Å²) in [6.07, 6.45) is 0.239. The Kier molecular flexibility index (Phi) is 4.72. The molecule has 1 unspecified atom stereocenters. The van der Waals surface area contributed by atoms with Gasteiger partial charge in [0.1, 0.15) is 11.8 Å². The van der Waals surface area contributed by atoms with E-state index in [0.717, 1.165) is 0 Å². The first-order chi connectivity index (χ1) is 10.1. The number of thiazole rings is 1. The van der Waals surface area contributed by atoms with Crippen molar-refractivity contribution in [2.24, 2.45) is 0 Å². The molecule has 0 saturated carbocycles. The van der Waals surface area contributed by atoms with Gasteiger partial charge >= 0.3 is 6.09 Å². The zero-order valence-corrected chi connectivity index (χ0v) is 11.9. The van der Waals surface area contributed by atoms with Gasteiger partial charge in [0.2, 0.25) is 0 Å². The van der Waals surface area contributed by atoms with Crippen molar-refractivity contribution in [3.05, 3.63) is 41.4 Å². The number of carbonyl (C=O) groups excluding carboxylic acids is 1. The maximum atomic E-state index is 12.3. The number of amides is 2. The van der Waals surface area contributed by atoms with Gasteiger partial charge in [0, 0.05) is 17.1 Å². The summed E-state index contributed by atoms with van der Waals surface area (Å²) in [5.41, 5.74) is 0.427. The fourth-order valence-electron chi connectivity index (χ4n) is 1.78. The van der Waals surface area contributed by atoms with E-state index in [2.05, 4.69) is 15.6 Å². The van der Waals surface area contributed by atoms with Crippen LogP contribution in [0.4, 0.5) is 9.93 Å². The molecule has 7 nitrogen and oxygen atoms in total. The number of hydrogen-bond donors (Lipinski definition) is 3. The third-order valence-corrected chi connectivity index (χ3v) is 3.33. The van der Waals surface area contributed by atoms with E-state index in [4.69, 9.17) is 9.84 Å². The molecule has 1 atom stereocenters. The number of nitrogens with zero attached hydrogens (tertiary/aromatic N) is 1. The lowest BCUT2D eigenvalue weighted by Crippen LogP contribution is -2.36. The van der Waals surface area contributed by atoms with Crippen molar-refractivity contribution in [2.45, 2.75) is 6.04 Å². The second kappa shape index (κ2) is 6.71. The van der Waals surface area contributed by atoms with Crippen molar-refractivity contribution < 1.29 is 19.4 Å². The molecule has 2 amide bonds. The van der Waals surface area contributed by atoms with Crippen molar-refractivity contribution in [3.63, 3.8) is 0 Å². The Morgan fingerprint density at radius 3 is 2.76 bits per heavy atom. The van der Waals surface area contributed by atoms with E-state index in [1.165, 1.54) is 18.4 Å². The van der Waals surface area contributed by atoms with Crippen LogP contribution in [0.25, 0.3) is 0 Å². The highest BCUT2D eigenvalue weighted by molar-refractivity contribution is 7.13. The molecule has 1 aromatic heterocycles. The second-order valence-corrected chi connectivity index (χ2v) is 4.85. The summed E-state index contributed by atoms with van der Waals surface area (Å²) >= 11 is 1.24. The van der Waals surface area contributed by atoms with E-state index in [0.29, 0.717) is 16.4 Å². The fraction of sp³-hybridized carbons (Fsp3) is 0.154. The van der Waals surface area contributed by atoms with Crippen molar-refractivity contribution >= 4 is 28.5 Å². The summed E-state index contributed by atoms with van der Waals surface area (Å²) in [5, 5.41) is 15.8. The largest absolute Gasteiger partial charge is 0.496 e. The Balaban J connectivity index is 2.29. The minimum atomic E-state index is -1.31. The van der Waals surface area contributed by atoms with Crippen LogP contribution in [-0.2, 0) is 4.79 Å². The average Bonchev–Trinajstić information content (AvgIpc) is 2.97. The zero-order valence-electron chi connectivity index (χ0n) is 11.1. The molecule has 8 heteroatoms. The number of benzene rings is 1. The summed E-state index contributed by atoms with van der Waals surface area (Å²) < 4.78 is 5.17. The Bertz CT molecular complexity index is 630. The lowest BCUT2D eigenvalue weighted by atomic mass is 10.1. The van der Waals surface area contributed by atoms with Gasteiger partial charge in [-0.3, -0.25) is 10.1 Å². The third kappa shape index (κ3) is 3.69. The Labute approximate surface area is 124 Å². The van der Waals surface area contributed by atoms with Gasteiger partial charge in [-0.25, -0.2) is 9.78 Å². The molecule has 0 bridgehead atoms. The molecule has 0 radical (unpaired) electrons. The summed E-state index contributed by atoms with van der Waals surface area (Å²) in [4.78, 5) is 27.2. The normalized spacial score (nSPS) is 11.5. The third-order valence-electron chi connectivity index (χ3n) is 2.64. The molecule has 21 heavy (non-hydrogen) atoms. The van der Waals surface area contributed by atoms with E-state index >= 15 is 0 Å². The van der Waals surface area contributed by atoms with Gasteiger partial charge in [0.15, 0.2) is 5.13 Å². The number of anilines is 1. The Morgan fingerprint density at radius 2 is 2.14 bits per heavy atom. The second-order valence-electron chi connectivity index (χ2n) is 3.95. The van der Waals surface area contributed by atoms with Crippen LogP contribution in [-0.4, -0.2) is 29.2 Å². The molecule has 0 aliphatic carbocycles. The number of carbonyl (C=O) groups is 2. The maximum Gasteiger partial charge on any atom is 0.405 e. The van der Waals surface area contributed by atoms with E-state index in [-0.39, 0.29) is 0 Å². The summed E-state index contributed by atoms with van der Waals surface area (Å²) in [5.74, 6) is -0.109. The highest BCUT2D eigenvalue weighted by Gasteiger charge is 2.26. The lowest BCUT2D eigenvalue weighted by molar-refractivity contribution is -0.118. The molecular formula is C13H13N3O4S. The van der Waals surface area contributed by atoms with Crippen molar-refractivity contribution in [2.75, 3.05) is 12.4 Å². The van der Waals surface area contributed by atoms with E-state index in [1.54, 1.807) is 35.8 Å². The lowest BCUT2D eigenvalue weighted by Gasteiger charge is -2.18. The van der Waals surface area contributed by atoms with Crippen LogP contribution < -0.4 is 15.4 Å². The quantitative estimate of drug-likeness (QED) is 0.785. The number of ether oxygens (including phenoxy) is 1. The van der Waals surface area contributed by atoms with Crippen LogP contribution in [0.3, 0.4) is 0 Å². The molecule has 2 aromatic rings. The topological polar surface area (TPSA) is 101 Å². The number of hydrogen-bond acceptors (Lipinski definition) is 5. The SMILES string of the molecule is COc1ccccc1C(NC(=O)O)C(=O)Nc1nccs1. The number of methoxy groups -OCH3 is 1. The molecule has 110 valence electrons.